The van der Waals surface area contributed by atoms with E-state index in [1.165, 1.54) is 13.0 Å². The number of Topliss-reactive ketones (excluding diaryl/α,β-unsaturated/α-hetero) is 1. The zero-order chi connectivity index (χ0) is 19.1. The number of ether oxygens (including phenoxy) is 2. The Morgan fingerprint density at radius 2 is 1.88 bits per heavy atom. The van der Waals surface area contributed by atoms with Gasteiger partial charge in [-0.15, -0.1) is 0 Å². The summed E-state index contributed by atoms with van der Waals surface area (Å²) in [7, 11) is 1.15. The third-order valence-corrected chi connectivity index (χ3v) is 4.20. The van der Waals surface area contributed by atoms with Crippen molar-refractivity contribution in [3.05, 3.63) is 26.7 Å². The average molecular weight is 409 g/mol. The summed E-state index contributed by atoms with van der Waals surface area (Å²) in [6.45, 7) is 3.24. The number of nitrogens with zero attached hydrogens (tertiary/aromatic N) is 1. The maximum atomic E-state index is 12.1. The molecule has 1 aromatic rings. The van der Waals surface area contributed by atoms with E-state index in [0.717, 1.165) is 13.3 Å². The molecule has 1 atom stereocenters. The van der Waals surface area contributed by atoms with Gasteiger partial charge in [0.15, 0.2) is 5.92 Å². The molecule has 1 aromatic carbocycles. The van der Waals surface area contributed by atoms with Crippen LogP contribution in [0.2, 0.25) is 15.1 Å². The average Bonchev–Trinajstić information content (AvgIpc) is 2.56. The first kappa shape index (κ1) is 21.4. The lowest BCUT2D eigenvalue weighted by Gasteiger charge is -2.11. The van der Waals surface area contributed by atoms with E-state index in [1.807, 2.05) is 6.92 Å². The minimum atomic E-state index is -1.20. The highest BCUT2D eigenvalue weighted by Gasteiger charge is 2.24. The van der Waals surface area contributed by atoms with E-state index in [1.54, 1.807) is 0 Å². The second-order valence-electron chi connectivity index (χ2n) is 4.91. The van der Waals surface area contributed by atoms with E-state index in [9.17, 15) is 14.4 Å². The van der Waals surface area contributed by atoms with Gasteiger partial charge < -0.3 is 9.47 Å². The SMILES string of the molecule is CCCOC(=O)c1c(Cl)c(Cl)cc(N=CC(C(C)=O)C(=O)OC)c1Cl. The largest absolute Gasteiger partial charge is 0.468 e. The van der Waals surface area contributed by atoms with Crippen molar-refractivity contribution in [2.45, 2.75) is 20.3 Å². The van der Waals surface area contributed by atoms with Crippen molar-refractivity contribution in [3.63, 3.8) is 0 Å². The van der Waals surface area contributed by atoms with Crippen molar-refractivity contribution >= 4 is 64.4 Å². The summed E-state index contributed by atoms with van der Waals surface area (Å²) in [4.78, 5) is 39.2. The molecule has 0 radical (unpaired) electrons. The molecule has 6 nitrogen and oxygen atoms in total. The van der Waals surface area contributed by atoms with E-state index >= 15 is 0 Å². The van der Waals surface area contributed by atoms with Gasteiger partial charge in [-0.25, -0.2) is 4.79 Å². The quantitative estimate of drug-likeness (QED) is 0.291. The predicted octanol–water partition coefficient (Wildman–Crippen LogP) is 4.29. The van der Waals surface area contributed by atoms with Crippen LogP contribution in [0.1, 0.15) is 30.6 Å². The molecule has 0 aromatic heterocycles. The molecule has 9 heteroatoms. The summed E-state index contributed by atoms with van der Waals surface area (Å²) < 4.78 is 9.56. The maximum Gasteiger partial charge on any atom is 0.341 e. The molecule has 0 fully saturated rings. The molecule has 0 saturated heterocycles. The summed E-state index contributed by atoms with van der Waals surface area (Å²) in [5.41, 5.74) is -0.0662. The van der Waals surface area contributed by atoms with Crippen molar-refractivity contribution in [2.75, 3.05) is 13.7 Å². The van der Waals surface area contributed by atoms with Crippen LogP contribution in [0.15, 0.2) is 11.1 Å². The van der Waals surface area contributed by atoms with Crippen LogP contribution < -0.4 is 0 Å². The number of methoxy groups -OCH3 is 1. The highest BCUT2D eigenvalue weighted by molar-refractivity contribution is 6.47. The molecular weight excluding hydrogens is 393 g/mol. The Morgan fingerprint density at radius 1 is 1.24 bits per heavy atom. The van der Waals surface area contributed by atoms with Gasteiger partial charge in [-0.3, -0.25) is 14.6 Å². The number of hydrogen-bond acceptors (Lipinski definition) is 6. The van der Waals surface area contributed by atoms with Gasteiger partial charge in [-0.1, -0.05) is 41.7 Å². The molecule has 0 spiro atoms. The first-order chi connectivity index (χ1) is 11.7. The molecule has 0 bridgehead atoms. The lowest BCUT2D eigenvalue weighted by atomic mass is 10.1. The zero-order valence-electron chi connectivity index (χ0n) is 13.8. The summed E-state index contributed by atoms with van der Waals surface area (Å²) >= 11 is 18.2. The minimum absolute atomic E-state index is 0.0270. The van der Waals surface area contributed by atoms with Gasteiger partial charge in [0.05, 0.1) is 34.5 Å². The summed E-state index contributed by atoms with van der Waals surface area (Å²) in [5.74, 6) is -3.18. The molecule has 0 amide bonds. The summed E-state index contributed by atoms with van der Waals surface area (Å²) in [6.07, 6.45) is 1.69. The number of hydrogen-bond donors (Lipinski definition) is 0. The maximum absolute atomic E-state index is 12.1. The molecule has 25 heavy (non-hydrogen) atoms. The molecular formula is C16H16Cl3NO5. The fourth-order valence-corrected chi connectivity index (χ4v) is 2.49. The van der Waals surface area contributed by atoms with E-state index in [4.69, 9.17) is 39.5 Å². The lowest BCUT2D eigenvalue weighted by Crippen LogP contribution is -2.24. The normalized spacial score (nSPS) is 12.1. The summed E-state index contributed by atoms with van der Waals surface area (Å²) in [5, 5.41) is -0.138. The van der Waals surface area contributed by atoms with Gasteiger partial charge in [0.2, 0.25) is 0 Å². The van der Waals surface area contributed by atoms with E-state index < -0.39 is 23.6 Å². The number of esters is 2. The first-order valence-corrected chi connectivity index (χ1v) is 8.35. The molecule has 136 valence electrons. The van der Waals surface area contributed by atoms with E-state index in [0.29, 0.717) is 6.42 Å². The van der Waals surface area contributed by atoms with Crippen LogP contribution in [0.3, 0.4) is 0 Å². The Labute approximate surface area is 160 Å². The van der Waals surface area contributed by atoms with Crippen LogP contribution in [0.4, 0.5) is 5.69 Å². The van der Waals surface area contributed by atoms with Crippen LogP contribution in [0.25, 0.3) is 0 Å². The second kappa shape index (κ2) is 9.75. The third-order valence-electron chi connectivity index (χ3n) is 3.03. The number of benzene rings is 1. The van der Waals surface area contributed by atoms with Gasteiger partial charge in [-0.2, -0.15) is 0 Å². The van der Waals surface area contributed by atoms with Crippen molar-refractivity contribution in [1.29, 1.82) is 0 Å². The molecule has 0 aliphatic rings. The molecule has 0 heterocycles. The predicted molar refractivity (Wildman–Crippen MR) is 96.4 cm³/mol. The van der Waals surface area contributed by atoms with Crippen LogP contribution in [0.5, 0.6) is 0 Å². The van der Waals surface area contributed by atoms with Gasteiger partial charge in [0.25, 0.3) is 0 Å². The van der Waals surface area contributed by atoms with Gasteiger partial charge in [-0.05, 0) is 19.4 Å². The van der Waals surface area contributed by atoms with Crippen LogP contribution >= 0.6 is 34.8 Å². The summed E-state index contributed by atoms with van der Waals surface area (Å²) in [6, 6.07) is 1.31. The number of rotatable bonds is 7. The molecule has 0 saturated carbocycles. The Balaban J connectivity index is 3.31. The fourth-order valence-electron chi connectivity index (χ4n) is 1.74. The van der Waals surface area contributed by atoms with Gasteiger partial charge in [0, 0.05) is 6.21 Å². The molecule has 1 unspecified atom stereocenters. The van der Waals surface area contributed by atoms with Crippen LogP contribution in [0, 0.1) is 5.92 Å². The number of ketones is 1. The van der Waals surface area contributed by atoms with Gasteiger partial charge >= 0.3 is 11.9 Å². The number of halogens is 3. The monoisotopic (exact) mass is 407 g/mol. The second-order valence-corrected chi connectivity index (χ2v) is 6.07. The van der Waals surface area contributed by atoms with E-state index in [2.05, 4.69) is 9.73 Å². The minimum Gasteiger partial charge on any atom is -0.468 e. The topological polar surface area (TPSA) is 82.0 Å². The zero-order valence-corrected chi connectivity index (χ0v) is 16.0. The van der Waals surface area contributed by atoms with Crippen LogP contribution in [-0.4, -0.2) is 37.7 Å². The highest BCUT2D eigenvalue weighted by atomic mass is 35.5. The lowest BCUT2D eigenvalue weighted by molar-refractivity contribution is -0.145. The Kier molecular flexibility index (Phi) is 8.35. The molecule has 0 N–H and O–H groups in total. The third kappa shape index (κ3) is 5.42. The smallest absolute Gasteiger partial charge is 0.341 e. The standard InChI is InChI=1S/C16H16Cl3NO5/c1-4-5-25-16(23)12-13(18)10(17)6-11(14(12)19)20-7-9(8(2)21)15(22)24-3/h6-7,9H,4-5H2,1-3H3. The number of carbonyl (C=O) groups excluding carboxylic acids is 3. The van der Waals surface area contributed by atoms with Crippen molar-refractivity contribution in [1.82, 2.24) is 0 Å². The highest BCUT2D eigenvalue weighted by Crippen LogP contribution is 2.39. The number of aliphatic imine (C=N–C) groups is 1. The van der Waals surface area contributed by atoms with Crippen LogP contribution in [-0.2, 0) is 19.1 Å². The van der Waals surface area contributed by atoms with Crippen molar-refractivity contribution in [2.24, 2.45) is 10.9 Å². The Hall–Kier alpha value is -1.63. The Bertz CT molecular complexity index is 718. The first-order valence-electron chi connectivity index (χ1n) is 7.21. The van der Waals surface area contributed by atoms with Gasteiger partial charge in [0.1, 0.15) is 11.3 Å². The number of carbonyl (C=O) groups is 3. The molecule has 0 aliphatic heterocycles. The van der Waals surface area contributed by atoms with Crippen molar-refractivity contribution < 1.29 is 23.9 Å². The van der Waals surface area contributed by atoms with Crippen molar-refractivity contribution in [3.8, 4) is 0 Å². The fraction of sp³-hybridized carbons (Fsp3) is 0.375. The molecule has 1 rings (SSSR count). The Morgan fingerprint density at radius 3 is 2.40 bits per heavy atom. The van der Waals surface area contributed by atoms with E-state index in [-0.39, 0.29) is 32.9 Å². The molecule has 0 aliphatic carbocycles.